The molecule has 3 nitrogen and oxygen atoms in total. The number of amides is 1. The zero-order valence-electron chi connectivity index (χ0n) is 10.4. The minimum atomic E-state index is -0.562. The van der Waals surface area contributed by atoms with Crippen LogP contribution in [0.1, 0.15) is 36.0 Å². The summed E-state index contributed by atoms with van der Waals surface area (Å²) in [6.45, 7) is 0.00938. The van der Waals surface area contributed by atoms with E-state index in [2.05, 4.69) is 15.9 Å². The predicted octanol–water partition coefficient (Wildman–Crippen LogP) is 3.50. The van der Waals surface area contributed by atoms with Gasteiger partial charge in [-0.15, -0.1) is 0 Å². The smallest absolute Gasteiger partial charge is 0.257 e. The molecule has 1 saturated carbocycles. The van der Waals surface area contributed by atoms with Crippen LogP contribution in [-0.2, 0) is 0 Å². The third-order valence-electron chi connectivity index (χ3n) is 3.45. The summed E-state index contributed by atoms with van der Waals surface area (Å²) in [6, 6.07) is 6.70. The summed E-state index contributed by atoms with van der Waals surface area (Å²) in [5, 5.41) is 8.87. The third-order valence-corrected chi connectivity index (χ3v) is 4.06. The lowest BCUT2D eigenvalue weighted by Gasteiger charge is -2.26. The van der Waals surface area contributed by atoms with E-state index < -0.39 is 11.7 Å². The standard InChI is InChI=1S/C14H14BrFN2O/c15-12-7-3-6-11(13(12)16)14(19)18(9-8-17)10-4-1-2-5-10/h3,6-7,10H,1-2,4-5,9H2. The number of halogens is 2. The molecule has 0 saturated heterocycles. The molecule has 19 heavy (non-hydrogen) atoms. The minimum Gasteiger partial charge on any atom is -0.322 e. The number of nitrogens with zero attached hydrogens (tertiary/aromatic N) is 2. The van der Waals surface area contributed by atoms with E-state index in [0.717, 1.165) is 25.7 Å². The largest absolute Gasteiger partial charge is 0.322 e. The second-order valence-corrected chi connectivity index (χ2v) is 5.49. The van der Waals surface area contributed by atoms with E-state index in [4.69, 9.17) is 5.26 Å². The maximum Gasteiger partial charge on any atom is 0.257 e. The van der Waals surface area contributed by atoms with Gasteiger partial charge < -0.3 is 4.90 Å². The lowest BCUT2D eigenvalue weighted by molar-refractivity contribution is 0.0704. The van der Waals surface area contributed by atoms with Crippen LogP contribution in [0, 0.1) is 17.1 Å². The molecule has 0 N–H and O–H groups in total. The van der Waals surface area contributed by atoms with E-state index in [1.54, 1.807) is 12.1 Å². The number of carbonyl (C=O) groups is 1. The zero-order chi connectivity index (χ0) is 13.8. The predicted molar refractivity (Wildman–Crippen MR) is 73.0 cm³/mol. The molecule has 1 fully saturated rings. The lowest BCUT2D eigenvalue weighted by Crippen LogP contribution is -2.39. The van der Waals surface area contributed by atoms with Gasteiger partial charge in [0.2, 0.25) is 0 Å². The number of carbonyl (C=O) groups excluding carboxylic acids is 1. The summed E-state index contributed by atoms with van der Waals surface area (Å²) in [7, 11) is 0. The first-order valence-electron chi connectivity index (χ1n) is 6.27. The van der Waals surface area contributed by atoms with Gasteiger partial charge in [-0.2, -0.15) is 5.26 Å². The molecule has 1 aliphatic carbocycles. The molecule has 0 heterocycles. The van der Waals surface area contributed by atoms with Crippen LogP contribution in [-0.4, -0.2) is 23.4 Å². The molecule has 0 radical (unpaired) electrons. The highest BCUT2D eigenvalue weighted by Gasteiger charge is 2.28. The lowest BCUT2D eigenvalue weighted by atomic mass is 10.1. The molecule has 100 valence electrons. The normalized spacial score (nSPS) is 15.2. The Labute approximate surface area is 120 Å². The Morgan fingerprint density at radius 3 is 2.79 bits per heavy atom. The number of nitriles is 1. The van der Waals surface area contributed by atoms with Crippen molar-refractivity contribution in [3.8, 4) is 6.07 Å². The van der Waals surface area contributed by atoms with Crippen molar-refractivity contribution >= 4 is 21.8 Å². The van der Waals surface area contributed by atoms with Crippen molar-refractivity contribution in [3.63, 3.8) is 0 Å². The van der Waals surface area contributed by atoms with E-state index in [-0.39, 0.29) is 22.6 Å². The summed E-state index contributed by atoms with van der Waals surface area (Å²) in [5.74, 6) is -0.958. The first-order valence-corrected chi connectivity index (χ1v) is 7.06. The highest BCUT2D eigenvalue weighted by Crippen LogP contribution is 2.26. The summed E-state index contributed by atoms with van der Waals surface area (Å²) in [5.41, 5.74) is 0.0246. The molecular formula is C14H14BrFN2O. The van der Waals surface area contributed by atoms with Gasteiger partial charge in [0.1, 0.15) is 12.4 Å². The second-order valence-electron chi connectivity index (χ2n) is 4.63. The molecule has 1 aromatic rings. The van der Waals surface area contributed by atoms with E-state index in [1.165, 1.54) is 11.0 Å². The molecule has 0 aliphatic heterocycles. The van der Waals surface area contributed by atoms with Crippen molar-refractivity contribution < 1.29 is 9.18 Å². The van der Waals surface area contributed by atoms with Crippen molar-refractivity contribution in [3.05, 3.63) is 34.1 Å². The Morgan fingerprint density at radius 1 is 1.47 bits per heavy atom. The van der Waals surface area contributed by atoms with Crippen LogP contribution in [0.15, 0.2) is 22.7 Å². The zero-order valence-corrected chi connectivity index (χ0v) is 12.0. The Bertz CT molecular complexity index is 521. The Balaban J connectivity index is 2.28. The van der Waals surface area contributed by atoms with Crippen LogP contribution < -0.4 is 0 Å². The van der Waals surface area contributed by atoms with Crippen molar-refractivity contribution in [2.75, 3.05) is 6.54 Å². The van der Waals surface area contributed by atoms with Gasteiger partial charge in [-0.25, -0.2) is 4.39 Å². The summed E-state index contributed by atoms with van der Waals surface area (Å²) in [6.07, 6.45) is 3.90. The monoisotopic (exact) mass is 324 g/mol. The fourth-order valence-corrected chi connectivity index (χ4v) is 2.85. The second kappa shape index (κ2) is 6.16. The molecule has 0 spiro atoms. The highest BCUT2D eigenvalue weighted by molar-refractivity contribution is 9.10. The Hall–Kier alpha value is -1.41. The van der Waals surface area contributed by atoms with E-state index in [1.807, 2.05) is 6.07 Å². The quantitative estimate of drug-likeness (QED) is 0.799. The number of rotatable bonds is 3. The van der Waals surface area contributed by atoms with Gasteiger partial charge in [-0.3, -0.25) is 4.79 Å². The maximum absolute atomic E-state index is 14.0. The molecule has 2 rings (SSSR count). The van der Waals surface area contributed by atoms with E-state index in [0.29, 0.717) is 0 Å². The van der Waals surface area contributed by atoms with Crippen molar-refractivity contribution in [1.82, 2.24) is 4.90 Å². The van der Waals surface area contributed by atoms with Crippen LogP contribution in [0.25, 0.3) is 0 Å². The average Bonchev–Trinajstić information content (AvgIpc) is 2.92. The SMILES string of the molecule is N#CCN(C(=O)c1cccc(Br)c1F)C1CCCC1. The summed E-state index contributed by atoms with van der Waals surface area (Å²) < 4.78 is 14.2. The van der Waals surface area contributed by atoms with E-state index in [9.17, 15) is 9.18 Å². The molecule has 0 aromatic heterocycles. The maximum atomic E-state index is 14.0. The fraction of sp³-hybridized carbons (Fsp3) is 0.429. The highest BCUT2D eigenvalue weighted by atomic mass is 79.9. The third kappa shape index (κ3) is 2.95. The molecule has 0 unspecified atom stereocenters. The number of hydrogen-bond acceptors (Lipinski definition) is 2. The van der Waals surface area contributed by atoms with Crippen LogP contribution in [0.3, 0.4) is 0 Å². The fourth-order valence-electron chi connectivity index (χ4n) is 2.48. The van der Waals surface area contributed by atoms with Gasteiger partial charge in [0, 0.05) is 6.04 Å². The van der Waals surface area contributed by atoms with Gasteiger partial charge in [0.15, 0.2) is 0 Å². The van der Waals surface area contributed by atoms with Crippen LogP contribution in [0.2, 0.25) is 0 Å². The van der Waals surface area contributed by atoms with Gasteiger partial charge in [-0.05, 0) is 40.9 Å². The van der Waals surface area contributed by atoms with Crippen LogP contribution in [0.5, 0.6) is 0 Å². The van der Waals surface area contributed by atoms with E-state index >= 15 is 0 Å². The summed E-state index contributed by atoms with van der Waals surface area (Å²) >= 11 is 3.08. The number of hydrogen-bond donors (Lipinski definition) is 0. The summed E-state index contributed by atoms with van der Waals surface area (Å²) in [4.78, 5) is 13.9. The molecular weight excluding hydrogens is 311 g/mol. The van der Waals surface area contributed by atoms with Crippen molar-refractivity contribution in [1.29, 1.82) is 5.26 Å². The molecule has 5 heteroatoms. The number of benzene rings is 1. The molecule has 1 amide bonds. The first kappa shape index (κ1) is 14.0. The van der Waals surface area contributed by atoms with Crippen LogP contribution >= 0.6 is 15.9 Å². The van der Waals surface area contributed by atoms with Gasteiger partial charge in [-0.1, -0.05) is 18.9 Å². The van der Waals surface area contributed by atoms with Gasteiger partial charge >= 0.3 is 0 Å². The molecule has 0 bridgehead atoms. The first-order chi connectivity index (χ1) is 9.15. The topological polar surface area (TPSA) is 44.1 Å². The molecule has 0 atom stereocenters. The minimum absolute atomic E-state index is 0.00938. The van der Waals surface area contributed by atoms with Gasteiger partial charge in [0.05, 0.1) is 16.1 Å². The molecule has 1 aromatic carbocycles. The van der Waals surface area contributed by atoms with Crippen LogP contribution in [0.4, 0.5) is 4.39 Å². The molecule has 1 aliphatic rings. The Morgan fingerprint density at radius 2 is 2.16 bits per heavy atom. The average molecular weight is 325 g/mol. The van der Waals surface area contributed by atoms with Gasteiger partial charge in [0.25, 0.3) is 5.91 Å². The van der Waals surface area contributed by atoms with Crippen molar-refractivity contribution in [2.24, 2.45) is 0 Å². The van der Waals surface area contributed by atoms with Crippen molar-refractivity contribution in [2.45, 2.75) is 31.7 Å². The Kier molecular flexibility index (Phi) is 4.54.